The lowest BCUT2D eigenvalue weighted by molar-refractivity contribution is -0.139. The van der Waals surface area contributed by atoms with Gasteiger partial charge in [-0.3, -0.25) is 14.6 Å². The Kier molecular flexibility index (Phi) is 8.77. The van der Waals surface area contributed by atoms with E-state index < -0.39 is 35.6 Å². The zero-order valence-electron chi connectivity index (χ0n) is 22.1. The number of rotatable bonds is 6. The van der Waals surface area contributed by atoms with Crippen LogP contribution in [0, 0.1) is 5.82 Å². The van der Waals surface area contributed by atoms with Gasteiger partial charge in [-0.1, -0.05) is 12.1 Å². The minimum Gasteiger partial charge on any atom is -0.463 e. The van der Waals surface area contributed by atoms with Crippen molar-refractivity contribution in [2.24, 2.45) is 0 Å². The van der Waals surface area contributed by atoms with E-state index in [1.807, 2.05) is 4.90 Å². The summed E-state index contributed by atoms with van der Waals surface area (Å²) in [6, 6.07) is 8.10. The van der Waals surface area contributed by atoms with Crippen molar-refractivity contribution in [3.63, 3.8) is 0 Å². The summed E-state index contributed by atoms with van der Waals surface area (Å²) in [7, 11) is 1.51. The number of nitrogens with one attached hydrogen (secondary N) is 1. The van der Waals surface area contributed by atoms with Crippen LogP contribution in [0.5, 0.6) is 0 Å². The van der Waals surface area contributed by atoms with Crippen LogP contribution in [-0.2, 0) is 15.7 Å². The fourth-order valence-electron chi connectivity index (χ4n) is 4.83. The molecule has 12 heteroatoms. The monoisotopic (exact) mass is 562 g/mol. The third-order valence-electron chi connectivity index (χ3n) is 6.98. The summed E-state index contributed by atoms with van der Waals surface area (Å²) < 4.78 is 57.9. The van der Waals surface area contributed by atoms with Crippen molar-refractivity contribution in [2.45, 2.75) is 25.6 Å². The van der Waals surface area contributed by atoms with Gasteiger partial charge in [0.15, 0.2) is 0 Å². The molecule has 4 rings (SSSR count). The van der Waals surface area contributed by atoms with E-state index in [4.69, 9.17) is 4.74 Å². The predicted molar refractivity (Wildman–Crippen MR) is 137 cm³/mol. The van der Waals surface area contributed by atoms with Crippen LogP contribution < -0.4 is 5.32 Å². The topological polar surface area (TPSA) is 82.2 Å². The molecule has 0 aromatic heterocycles. The van der Waals surface area contributed by atoms with Crippen molar-refractivity contribution in [3.8, 4) is 0 Å². The maximum absolute atomic E-state index is 13.3. The second-order valence-electron chi connectivity index (χ2n) is 9.57. The summed E-state index contributed by atoms with van der Waals surface area (Å²) in [5.74, 6) is -1.33. The van der Waals surface area contributed by atoms with Gasteiger partial charge in [-0.2, -0.15) is 13.2 Å². The second kappa shape index (κ2) is 12.1. The number of nitrogens with zero attached hydrogens (tertiary/aromatic N) is 3. The highest BCUT2D eigenvalue weighted by Crippen LogP contribution is 2.34. The molecule has 1 fully saturated rings. The number of halogens is 4. The number of alkyl halides is 3. The zero-order chi connectivity index (χ0) is 29.0. The van der Waals surface area contributed by atoms with Crippen LogP contribution in [0.3, 0.4) is 0 Å². The van der Waals surface area contributed by atoms with E-state index in [1.165, 1.54) is 48.3 Å². The van der Waals surface area contributed by atoms with Gasteiger partial charge in [-0.15, -0.1) is 0 Å². The highest BCUT2D eigenvalue weighted by molar-refractivity contribution is 5.95. The predicted octanol–water partition coefficient (Wildman–Crippen LogP) is 4.21. The Balaban J connectivity index is 1.60. The molecule has 0 spiro atoms. The summed E-state index contributed by atoms with van der Waals surface area (Å²) >= 11 is 0. The number of carbonyl (C=O) groups is 3. The highest BCUT2D eigenvalue weighted by Gasteiger charge is 2.38. The molecule has 3 amide bonds. The molecule has 0 radical (unpaired) electrons. The number of amides is 3. The number of urea groups is 1. The molecule has 2 aliphatic heterocycles. The normalized spacial score (nSPS) is 18.9. The minimum atomic E-state index is -4.53. The highest BCUT2D eigenvalue weighted by atomic mass is 19.4. The van der Waals surface area contributed by atoms with E-state index in [0.717, 1.165) is 12.1 Å². The molecule has 0 aliphatic carbocycles. The Hall–Kier alpha value is -3.93. The fraction of sp³-hybridized carbons (Fsp3) is 0.393. The lowest BCUT2D eigenvalue weighted by atomic mass is 9.93. The van der Waals surface area contributed by atoms with Crippen molar-refractivity contribution in [1.29, 1.82) is 0 Å². The Morgan fingerprint density at radius 1 is 1.00 bits per heavy atom. The lowest BCUT2D eigenvalue weighted by Gasteiger charge is -2.36. The number of benzene rings is 2. The zero-order valence-corrected chi connectivity index (χ0v) is 22.1. The molecule has 0 bridgehead atoms. The van der Waals surface area contributed by atoms with E-state index in [1.54, 1.807) is 11.8 Å². The fourth-order valence-corrected chi connectivity index (χ4v) is 4.83. The molecule has 1 saturated heterocycles. The number of carbonyl (C=O) groups excluding carboxylic acids is 3. The minimum absolute atomic E-state index is 0.0666. The van der Waals surface area contributed by atoms with Crippen molar-refractivity contribution in [3.05, 3.63) is 82.3 Å². The van der Waals surface area contributed by atoms with Gasteiger partial charge in [0.2, 0.25) is 0 Å². The number of hydrogen-bond acceptors (Lipinski definition) is 5. The summed E-state index contributed by atoms with van der Waals surface area (Å²) in [6.07, 6.45) is -3.91. The van der Waals surface area contributed by atoms with Crippen LogP contribution in [0.4, 0.5) is 22.4 Å². The molecule has 8 nitrogen and oxygen atoms in total. The van der Waals surface area contributed by atoms with Crippen LogP contribution >= 0.6 is 0 Å². The average Bonchev–Trinajstić information content (AvgIpc) is 3.16. The maximum Gasteiger partial charge on any atom is 0.416 e. The Labute approximate surface area is 229 Å². The van der Waals surface area contributed by atoms with E-state index in [2.05, 4.69) is 5.32 Å². The van der Waals surface area contributed by atoms with Crippen molar-refractivity contribution >= 4 is 17.9 Å². The summed E-state index contributed by atoms with van der Waals surface area (Å²) in [6.45, 7) is 3.72. The molecule has 2 aromatic rings. The van der Waals surface area contributed by atoms with E-state index >= 15 is 0 Å². The third-order valence-corrected chi connectivity index (χ3v) is 6.98. The van der Waals surface area contributed by atoms with Crippen LogP contribution in [0.2, 0.25) is 0 Å². The first-order valence-electron chi connectivity index (χ1n) is 12.9. The largest absolute Gasteiger partial charge is 0.463 e. The molecule has 0 saturated carbocycles. The van der Waals surface area contributed by atoms with Crippen molar-refractivity contribution in [1.82, 2.24) is 20.0 Å². The van der Waals surface area contributed by atoms with Gasteiger partial charge in [0.25, 0.3) is 5.91 Å². The molecule has 1 atom stereocenters. The Bertz CT molecular complexity index is 1280. The van der Waals surface area contributed by atoms with E-state index in [9.17, 15) is 31.9 Å². The van der Waals surface area contributed by atoms with Gasteiger partial charge in [0.1, 0.15) is 5.82 Å². The van der Waals surface area contributed by atoms with Crippen molar-refractivity contribution < 1.29 is 36.7 Å². The molecule has 214 valence electrons. The van der Waals surface area contributed by atoms with Crippen molar-refractivity contribution in [2.75, 3.05) is 46.4 Å². The Morgan fingerprint density at radius 2 is 1.68 bits per heavy atom. The molecule has 2 aromatic carbocycles. The summed E-state index contributed by atoms with van der Waals surface area (Å²) in [5, 5.41) is 2.70. The van der Waals surface area contributed by atoms with E-state index in [-0.39, 0.29) is 24.6 Å². The number of esters is 1. The number of likely N-dealkylation sites (N-methyl/N-ethyl adjacent to an activating group) is 1. The van der Waals surface area contributed by atoms with Gasteiger partial charge in [-0.05, 0) is 55.3 Å². The summed E-state index contributed by atoms with van der Waals surface area (Å²) in [5.41, 5.74) is 0.339. The van der Waals surface area contributed by atoms with Crippen LogP contribution in [-0.4, -0.2) is 79.0 Å². The second-order valence-corrected chi connectivity index (χ2v) is 9.57. The average molecular weight is 563 g/mol. The standard InChI is InChI=1S/C28H30F4N4O4/c1-3-40-26(38)23-22(34(2)27(39)33-24(23)18-5-9-20(10-6-18)28(30,31)32)17-35-13-4-14-36(16-15-35)25(37)19-7-11-21(29)12-8-19/h5-12,24H,3-4,13-17H2,1-2H3,(H,33,39). The maximum atomic E-state index is 13.3. The van der Waals surface area contributed by atoms with Gasteiger partial charge in [0.05, 0.1) is 23.8 Å². The van der Waals surface area contributed by atoms with Gasteiger partial charge >= 0.3 is 18.2 Å². The molecule has 1 unspecified atom stereocenters. The van der Waals surface area contributed by atoms with Gasteiger partial charge in [0, 0.05) is 51.0 Å². The SMILES string of the molecule is CCOC(=O)C1=C(CN2CCCN(C(=O)c3ccc(F)cc3)CC2)N(C)C(=O)NC1c1ccc(C(F)(F)F)cc1. The van der Waals surface area contributed by atoms with Gasteiger partial charge < -0.3 is 15.0 Å². The molecule has 40 heavy (non-hydrogen) atoms. The quantitative estimate of drug-likeness (QED) is 0.422. The van der Waals surface area contributed by atoms with Crippen LogP contribution in [0.1, 0.15) is 40.9 Å². The first kappa shape index (κ1) is 29.1. The molecular formula is C28H30F4N4O4. The molecule has 2 aliphatic rings. The van der Waals surface area contributed by atoms with Crippen LogP contribution in [0.15, 0.2) is 59.8 Å². The number of hydrogen-bond donors (Lipinski definition) is 1. The smallest absolute Gasteiger partial charge is 0.416 e. The first-order valence-corrected chi connectivity index (χ1v) is 12.9. The third kappa shape index (κ3) is 6.44. The lowest BCUT2D eigenvalue weighted by Crippen LogP contribution is -2.49. The number of ether oxygens (including phenoxy) is 1. The van der Waals surface area contributed by atoms with Crippen LogP contribution in [0.25, 0.3) is 0 Å². The molecule has 1 N–H and O–H groups in total. The summed E-state index contributed by atoms with van der Waals surface area (Å²) in [4.78, 5) is 44.0. The van der Waals surface area contributed by atoms with E-state index in [0.29, 0.717) is 49.4 Å². The molecule has 2 heterocycles. The molecular weight excluding hydrogens is 532 g/mol. The Morgan fingerprint density at radius 3 is 2.30 bits per heavy atom. The van der Waals surface area contributed by atoms with Gasteiger partial charge in [-0.25, -0.2) is 14.0 Å². The first-order chi connectivity index (χ1) is 19.0.